The van der Waals surface area contributed by atoms with Crippen molar-refractivity contribution in [3.05, 3.63) is 53.0 Å². The third-order valence-electron chi connectivity index (χ3n) is 3.37. The molecular weight excluding hydrogens is 418 g/mol. The van der Waals surface area contributed by atoms with Crippen LogP contribution in [-0.4, -0.2) is 26.8 Å². The van der Waals surface area contributed by atoms with Crippen LogP contribution in [0.5, 0.6) is 5.75 Å². The average molecular weight is 433 g/mol. The number of nitrogens with zero attached hydrogens (tertiary/aromatic N) is 1. The molecule has 0 spiro atoms. The maximum atomic E-state index is 13.1. The van der Waals surface area contributed by atoms with E-state index in [-0.39, 0.29) is 10.6 Å². The molecule has 0 amide bonds. The fraction of sp³-hybridized carbons (Fsp3) is 0.188. The quantitative estimate of drug-likeness (QED) is 0.651. The molecule has 1 unspecified atom stereocenters. The van der Waals surface area contributed by atoms with Crippen molar-refractivity contribution >= 4 is 48.5 Å². The molecule has 0 saturated heterocycles. The highest BCUT2D eigenvalue weighted by Crippen LogP contribution is 2.34. The molecule has 0 bridgehead atoms. The minimum absolute atomic E-state index is 0.0429. The van der Waals surface area contributed by atoms with Crippen LogP contribution in [0, 0.1) is 0 Å². The summed E-state index contributed by atoms with van der Waals surface area (Å²) in [7, 11) is -2.59. The van der Waals surface area contributed by atoms with Crippen LogP contribution in [0.15, 0.2) is 57.9 Å². The zero-order valence-corrected chi connectivity index (χ0v) is 16.1. The number of halogens is 2. The number of ether oxygens (including phenoxy) is 1. The molecular formula is C16H15BrClNO4S. The van der Waals surface area contributed by atoms with Crippen molar-refractivity contribution in [1.82, 2.24) is 0 Å². The van der Waals surface area contributed by atoms with Crippen molar-refractivity contribution in [3.63, 3.8) is 0 Å². The van der Waals surface area contributed by atoms with Crippen LogP contribution in [0.2, 0.25) is 0 Å². The molecule has 0 fully saturated rings. The minimum Gasteiger partial charge on any atom is -0.495 e. The van der Waals surface area contributed by atoms with Gasteiger partial charge in [0.15, 0.2) is 0 Å². The maximum absolute atomic E-state index is 13.1. The Balaban J connectivity index is 2.66. The molecule has 8 heteroatoms. The van der Waals surface area contributed by atoms with Crippen LogP contribution in [0.3, 0.4) is 0 Å². The molecule has 5 nitrogen and oxygen atoms in total. The molecule has 0 aliphatic heterocycles. The van der Waals surface area contributed by atoms with Crippen molar-refractivity contribution < 1.29 is 17.9 Å². The monoisotopic (exact) mass is 431 g/mol. The molecule has 0 aromatic heterocycles. The van der Waals surface area contributed by atoms with E-state index < -0.39 is 21.3 Å². The van der Waals surface area contributed by atoms with E-state index in [9.17, 15) is 13.2 Å². The molecule has 24 heavy (non-hydrogen) atoms. The van der Waals surface area contributed by atoms with Crippen LogP contribution in [0.25, 0.3) is 0 Å². The van der Waals surface area contributed by atoms with Gasteiger partial charge in [0.05, 0.1) is 17.7 Å². The Morgan fingerprint density at radius 3 is 2.29 bits per heavy atom. The fourth-order valence-electron chi connectivity index (χ4n) is 2.17. The number of hydrogen-bond donors (Lipinski definition) is 0. The summed E-state index contributed by atoms with van der Waals surface area (Å²) in [5.41, 5.74) is 0.240. The molecule has 0 aliphatic carbocycles. The van der Waals surface area contributed by atoms with Gasteiger partial charge in [-0.15, -0.1) is 0 Å². The van der Waals surface area contributed by atoms with Gasteiger partial charge in [-0.25, -0.2) is 8.42 Å². The Bertz CT molecular complexity index is 839. The molecule has 0 aliphatic rings. The van der Waals surface area contributed by atoms with Gasteiger partial charge in [0.2, 0.25) is 5.24 Å². The lowest BCUT2D eigenvalue weighted by Gasteiger charge is -2.29. The molecule has 1 atom stereocenters. The number of methoxy groups -OCH3 is 1. The van der Waals surface area contributed by atoms with Crippen LogP contribution >= 0.6 is 27.5 Å². The van der Waals surface area contributed by atoms with Crippen molar-refractivity contribution in [2.75, 3.05) is 11.4 Å². The van der Waals surface area contributed by atoms with Crippen molar-refractivity contribution in [2.24, 2.45) is 0 Å². The average Bonchev–Trinajstić information content (AvgIpc) is 2.55. The smallest absolute Gasteiger partial charge is 0.265 e. The molecule has 128 valence electrons. The second kappa shape index (κ2) is 7.55. The first-order chi connectivity index (χ1) is 11.3. The van der Waals surface area contributed by atoms with Crippen molar-refractivity contribution in [3.8, 4) is 5.75 Å². The normalized spacial score (nSPS) is 12.5. The van der Waals surface area contributed by atoms with Crippen LogP contribution in [0.1, 0.15) is 6.92 Å². The summed E-state index contributed by atoms with van der Waals surface area (Å²) in [6, 6.07) is 11.6. The number of rotatable bonds is 6. The minimum atomic E-state index is -4.02. The van der Waals surface area contributed by atoms with Crippen LogP contribution in [-0.2, 0) is 14.8 Å². The zero-order valence-electron chi connectivity index (χ0n) is 12.9. The van der Waals surface area contributed by atoms with Gasteiger partial charge in [0, 0.05) is 4.47 Å². The first-order valence-electron chi connectivity index (χ1n) is 6.91. The number of para-hydroxylation sites is 2. The third kappa shape index (κ3) is 3.74. The van der Waals surface area contributed by atoms with Crippen molar-refractivity contribution in [1.29, 1.82) is 0 Å². The topological polar surface area (TPSA) is 63.7 Å². The predicted molar refractivity (Wildman–Crippen MR) is 97.1 cm³/mol. The van der Waals surface area contributed by atoms with Gasteiger partial charge >= 0.3 is 0 Å². The summed E-state index contributed by atoms with van der Waals surface area (Å²) in [5.74, 6) is 0.322. The summed E-state index contributed by atoms with van der Waals surface area (Å²) in [5, 5.41) is -0.790. The highest BCUT2D eigenvalue weighted by Gasteiger charge is 2.34. The SMILES string of the molecule is COc1ccccc1N(C(C)C(=O)Cl)S(=O)(=O)c1ccc(Br)cc1. The molecule has 0 radical (unpaired) electrons. The number of carbonyl (C=O) groups excluding carboxylic acids is 1. The Labute approximate surface area is 154 Å². The number of carbonyl (C=O) groups is 1. The van der Waals surface area contributed by atoms with E-state index in [0.717, 1.165) is 8.78 Å². The van der Waals surface area contributed by atoms with Gasteiger partial charge in [-0.05, 0) is 54.9 Å². The number of benzene rings is 2. The Morgan fingerprint density at radius 2 is 1.75 bits per heavy atom. The zero-order chi connectivity index (χ0) is 17.9. The molecule has 2 aromatic rings. The summed E-state index contributed by atoms with van der Waals surface area (Å²) in [4.78, 5) is 11.7. The van der Waals surface area contributed by atoms with Gasteiger partial charge in [0.1, 0.15) is 11.8 Å². The van der Waals surface area contributed by atoms with E-state index in [2.05, 4.69) is 15.9 Å². The van der Waals surface area contributed by atoms with E-state index in [0.29, 0.717) is 5.75 Å². The van der Waals surface area contributed by atoms with E-state index in [1.807, 2.05) is 0 Å². The van der Waals surface area contributed by atoms with E-state index in [4.69, 9.17) is 16.3 Å². The fourth-order valence-corrected chi connectivity index (χ4v) is 4.22. The largest absolute Gasteiger partial charge is 0.495 e. The number of hydrogen-bond acceptors (Lipinski definition) is 4. The van der Waals surface area contributed by atoms with E-state index in [1.165, 1.54) is 26.2 Å². The highest BCUT2D eigenvalue weighted by molar-refractivity contribution is 9.10. The van der Waals surface area contributed by atoms with Crippen LogP contribution < -0.4 is 9.04 Å². The molecule has 0 N–H and O–H groups in total. The molecule has 0 heterocycles. The summed E-state index contributed by atoms with van der Waals surface area (Å²) in [6.07, 6.45) is 0. The Morgan fingerprint density at radius 1 is 1.17 bits per heavy atom. The highest BCUT2D eigenvalue weighted by atomic mass is 79.9. The second-order valence-electron chi connectivity index (χ2n) is 4.91. The summed E-state index contributed by atoms with van der Waals surface area (Å²) >= 11 is 8.86. The van der Waals surface area contributed by atoms with Gasteiger partial charge in [0.25, 0.3) is 10.0 Å². The van der Waals surface area contributed by atoms with Crippen LogP contribution in [0.4, 0.5) is 5.69 Å². The lowest BCUT2D eigenvalue weighted by Crippen LogP contribution is -2.42. The Hall–Kier alpha value is -1.57. The van der Waals surface area contributed by atoms with E-state index in [1.54, 1.807) is 36.4 Å². The summed E-state index contributed by atoms with van der Waals surface area (Å²) in [6.45, 7) is 1.43. The molecule has 2 aromatic carbocycles. The van der Waals surface area contributed by atoms with E-state index >= 15 is 0 Å². The van der Waals surface area contributed by atoms with Crippen molar-refractivity contribution in [2.45, 2.75) is 17.9 Å². The third-order valence-corrected chi connectivity index (χ3v) is 6.12. The summed E-state index contributed by atoms with van der Waals surface area (Å²) < 4.78 is 33.2. The number of sulfonamides is 1. The lowest BCUT2D eigenvalue weighted by atomic mass is 10.2. The second-order valence-corrected chi connectivity index (χ2v) is 8.01. The first-order valence-corrected chi connectivity index (χ1v) is 9.52. The maximum Gasteiger partial charge on any atom is 0.265 e. The van der Waals surface area contributed by atoms with Gasteiger partial charge in [-0.2, -0.15) is 0 Å². The standard InChI is InChI=1S/C16H15BrClNO4S/c1-11(16(18)20)19(14-5-3-4-6-15(14)23-2)24(21,22)13-9-7-12(17)8-10-13/h3-11H,1-2H3. The van der Waals surface area contributed by atoms with Gasteiger partial charge < -0.3 is 4.74 Å². The molecule has 2 rings (SSSR count). The molecule has 0 saturated carbocycles. The first kappa shape index (κ1) is 18.8. The number of anilines is 1. The van der Waals surface area contributed by atoms with Gasteiger partial charge in [-0.1, -0.05) is 28.1 Å². The Kier molecular flexibility index (Phi) is 5.90. The van der Waals surface area contributed by atoms with Gasteiger partial charge in [-0.3, -0.25) is 9.10 Å². The predicted octanol–water partition coefficient (Wildman–Crippen LogP) is 3.81. The lowest BCUT2D eigenvalue weighted by molar-refractivity contribution is -0.112.